The van der Waals surface area contributed by atoms with E-state index in [-0.39, 0.29) is 11.8 Å². The zero-order valence-electron chi connectivity index (χ0n) is 15.0. The topological polar surface area (TPSA) is 84.7 Å². The standard InChI is InChI=1S/C18H22ClN3O4/c1-18(2,16(24)25-3)21-15(23)11-5-4-8-22(10-11)17-20-13-9-12(19)6-7-14(13)26-17/h6-7,9,11H,4-5,8,10H2,1-3H3,(H,21,23). The maximum atomic E-state index is 12.6. The number of halogens is 1. The van der Waals surface area contributed by atoms with E-state index in [1.165, 1.54) is 7.11 Å². The van der Waals surface area contributed by atoms with Crippen LogP contribution in [-0.2, 0) is 14.3 Å². The molecule has 1 N–H and O–H groups in total. The summed E-state index contributed by atoms with van der Waals surface area (Å²) in [7, 11) is 1.30. The summed E-state index contributed by atoms with van der Waals surface area (Å²) in [5.41, 5.74) is 0.274. The second-order valence-corrected chi connectivity index (χ2v) is 7.44. The number of rotatable bonds is 4. The van der Waals surface area contributed by atoms with Crippen LogP contribution in [0, 0.1) is 5.92 Å². The van der Waals surface area contributed by atoms with Gasteiger partial charge in [-0.2, -0.15) is 4.98 Å². The largest absolute Gasteiger partial charge is 0.467 e. The van der Waals surface area contributed by atoms with Crippen LogP contribution in [0.1, 0.15) is 26.7 Å². The molecular weight excluding hydrogens is 358 g/mol. The van der Waals surface area contributed by atoms with Crippen molar-refractivity contribution in [3.8, 4) is 0 Å². The lowest BCUT2D eigenvalue weighted by Crippen LogP contribution is -2.54. The van der Waals surface area contributed by atoms with Gasteiger partial charge in [0.25, 0.3) is 6.01 Å². The minimum atomic E-state index is -1.07. The van der Waals surface area contributed by atoms with Gasteiger partial charge in [0.05, 0.1) is 13.0 Å². The van der Waals surface area contributed by atoms with Crippen LogP contribution in [0.3, 0.4) is 0 Å². The monoisotopic (exact) mass is 379 g/mol. The first-order valence-corrected chi connectivity index (χ1v) is 8.89. The minimum Gasteiger partial charge on any atom is -0.467 e. The number of fused-ring (bicyclic) bond motifs is 1. The maximum absolute atomic E-state index is 12.6. The summed E-state index contributed by atoms with van der Waals surface area (Å²) in [5, 5.41) is 3.37. The first-order chi connectivity index (χ1) is 12.3. The van der Waals surface area contributed by atoms with E-state index in [0.717, 1.165) is 19.4 Å². The number of aromatic nitrogens is 1. The molecule has 1 fully saturated rings. The molecule has 0 aliphatic carbocycles. The van der Waals surface area contributed by atoms with Gasteiger partial charge >= 0.3 is 5.97 Å². The molecule has 0 bridgehead atoms. The van der Waals surface area contributed by atoms with Gasteiger partial charge in [-0.25, -0.2) is 4.79 Å². The number of carbonyl (C=O) groups is 2. The lowest BCUT2D eigenvalue weighted by Gasteiger charge is -2.33. The first-order valence-electron chi connectivity index (χ1n) is 8.51. The fourth-order valence-electron chi connectivity index (χ4n) is 3.10. The van der Waals surface area contributed by atoms with Crippen LogP contribution in [0.4, 0.5) is 6.01 Å². The summed E-state index contributed by atoms with van der Waals surface area (Å²) < 4.78 is 10.5. The Morgan fingerprint density at radius 2 is 2.19 bits per heavy atom. The number of hydrogen-bond acceptors (Lipinski definition) is 6. The molecule has 1 saturated heterocycles. The van der Waals surface area contributed by atoms with Crippen LogP contribution in [0.15, 0.2) is 22.6 Å². The molecule has 1 aliphatic rings. The molecule has 3 rings (SSSR count). The van der Waals surface area contributed by atoms with Crippen molar-refractivity contribution >= 4 is 40.6 Å². The number of amides is 1. The van der Waals surface area contributed by atoms with Gasteiger partial charge in [0.1, 0.15) is 11.1 Å². The van der Waals surface area contributed by atoms with E-state index in [4.69, 9.17) is 20.8 Å². The zero-order chi connectivity index (χ0) is 18.9. The normalized spacial score (nSPS) is 18.0. The summed E-state index contributed by atoms with van der Waals surface area (Å²) >= 11 is 5.99. The third kappa shape index (κ3) is 3.77. The third-order valence-corrected chi connectivity index (χ3v) is 4.77. The van der Waals surface area contributed by atoms with Crippen LogP contribution in [0.5, 0.6) is 0 Å². The lowest BCUT2D eigenvalue weighted by molar-refractivity contribution is -0.150. The predicted molar refractivity (Wildman–Crippen MR) is 98.2 cm³/mol. The Morgan fingerprint density at radius 1 is 1.42 bits per heavy atom. The SMILES string of the molecule is COC(=O)C(C)(C)NC(=O)C1CCCN(c2nc3cc(Cl)ccc3o2)C1. The molecule has 7 nitrogen and oxygen atoms in total. The van der Waals surface area contributed by atoms with Crippen LogP contribution >= 0.6 is 11.6 Å². The summed E-state index contributed by atoms with van der Waals surface area (Å²) in [6, 6.07) is 5.75. The Labute approximate surface area is 156 Å². The van der Waals surface area contributed by atoms with Crippen molar-refractivity contribution in [1.82, 2.24) is 10.3 Å². The van der Waals surface area contributed by atoms with Gasteiger partial charge in [0, 0.05) is 18.1 Å². The number of benzene rings is 1. The van der Waals surface area contributed by atoms with Crippen molar-refractivity contribution < 1.29 is 18.7 Å². The second-order valence-electron chi connectivity index (χ2n) is 7.00. The van der Waals surface area contributed by atoms with Crippen LogP contribution in [-0.4, -0.2) is 42.6 Å². The Balaban J connectivity index is 1.72. The average molecular weight is 380 g/mol. The number of ether oxygens (including phenoxy) is 1. The number of oxazole rings is 1. The molecule has 0 radical (unpaired) electrons. The third-order valence-electron chi connectivity index (χ3n) is 4.53. The molecular formula is C18H22ClN3O4. The van der Waals surface area contributed by atoms with Crippen molar-refractivity contribution in [2.75, 3.05) is 25.1 Å². The number of esters is 1. The second kappa shape index (κ2) is 7.15. The molecule has 1 amide bonds. The average Bonchev–Trinajstić information content (AvgIpc) is 3.03. The highest BCUT2D eigenvalue weighted by atomic mass is 35.5. The first kappa shape index (κ1) is 18.5. The van der Waals surface area contributed by atoms with Crippen molar-refractivity contribution in [3.63, 3.8) is 0 Å². The van der Waals surface area contributed by atoms with Crippen molar-refractivity contribution in [3.05, 3.63) is 23.2 Å². The van der Waals surface area contributed by atoms with Crippen molar-refractivity contribution in [1.29, 1.82) is 0 Å². The summed E-state index contributed by atoms with van der Waals surface area (Å²) in [5.74, 6) is -0.912. The zero-order valence-corrected chi connectivity index (χ0v) is 15.8. The number of nitrogens with one attached hydrogen (secondary N) is 1. The van der Waals surface area contributed by atoms with E-state index in [1.807, 2.05) is 4.90 Å². The molecule has 140 valence electrons. The number of anilines is 1. The molecule has 8 heteroatoms. The Hall–Kier alpha value is -2.28. The Bertz CT molecular complexity index is 833. The van der Waals surface area contributed by atoms with Gasteiger partial charge in [-0.15, -0.1) is 0 Å². The minimum absolute atomic E-state index is 0.177. The molecule has 1 atom stereocenters. The Kier molecular flexibility index (Phi) is 5.09. The number of carbonyl (C=O) groups excluding carboxylic acids is 2. The molecule has 2 aromatic rings. The predicted octanol–water partition coefficient (Wildman–Crippen LogP) is 2.77. The number of piperidine rings is 1. The van der Waals surface area contributed by atoms with E-state index in [1.54, 1.807) is 32.0 Å². The van der Waals surface area contributed by atoms with Gasteiger partial charge in [-0.3, -0.25) is 4.79 Å². The fraction of sp³-hybridized carbons (Fsp3) is 0.500. The van der Waals surface area contributed by atoms with Gasteiger partial charge in [0.2, 0.25) is 5.91 Å². The molecule has 2 heterocycles. The molecule has 1 aliphatic heterocycles. The van der Waals surface area contributed by atoms with Crippen LogP contribution in [0.25, 0.3) is 11.1 Å². The number of methoxy groups -OCH3 is 1. The molecule has 26 heavy (non-hydrogen) atoms. The van der Waals surface area contributed by atoms with Crippen molar-refractivity contribution in [2.45, 2.75) is 32.2 Å². The highest BCUT2D eigenvalue weighted by Crippen LogP contribution is 2.28. The maximum Gasteiger partial charge on any atom is 0.330 e. The van der Waals surface area contributed by atoms with Gasteiger partial charge < -0.3 is 19.4 Å². The van der Waals surface area contributed by atoms with Gasteiger partial charge in [-0.1, -0.05) is 11.6 Å². The van der Waals surface area contributed by atoms with E-state index >= 15 is 0 Å². The number of nitrogens with zero attached hydrogens (tertiary/aromatic N) is 2. The molecule has 1 unspecified atom stereocenters. The lowest BCUT2D eigenvalue weighted by atomic mass is 9.95. The summed E-state index contributed by atoms with van der Waals surface area (Å²) in [4.78, 5) is 30.8. The van der Waals surface area contributed by atoms with Gasteiger partial charge in [-0.05, 0) is 44.9 Å². The Morgan fingerprint density at radius 3 is 2.92 bits per heavy atom. The van der Waals surface area contributed by atoms with Crippen molar-refractivity contribution in [2.24, 2.45) is 5.92 Å². The molecule has 0 saturated carbocycles. The quantitative estimate of drug-likeness (QED) is 0.822. The van der Waals surface area contributed by atoms with E-state index in [9.17, 15) is 9.59 Å². The summed E-state index contributed by atoms with van der Waals surface area (Å²) in [6.45, 7) is 4.48. The van der Waals surface area contributed by atoms with Crippen LogP contribution in [0.2, 0.25) is 5.02 Å². The highest BCUT2D eigenvalue weighted by molar-refractivity contribution is 6.31. The molecule has 1 aromatic carbocycles. The van der Waals surface area contributed by atoms with E-state index in [2.05, 4.69) is 10.3 Å². The number of hydrogen-bond donors (Lipinski definition) is 1. The molecule has 1 aromatic heterocycles. The molecule has 0 spiro atoms. The van der Waals surface area contributed by atoms with Crippen LogP contribution < -0.4 is 10.2 Å². The van der Waals surface area contributed by atoms with Gasteiger partial charge in [0.15, 0.2) is 5.58 Å². The fourth-order valence-corrected chi connectivity index (χ4v) is 3.27. The summed E-state index contributed by atoms with van der Waals surface area (Å²) in [6.07, 6.45) is 1.57. The van der Waals surface area contributed by atoms with E-state index < -0.39 is 11.5 Å². The highest BCUT2D eigenvalue weighted by Gasteiger charge is 2.35. The van der Waals surface area contributed by atoms with E-state index in [0.29, 0.717) is 28.7 Å². The smallest absolute Gasteiger partial charge is 0.330 e.